The lowest BCUT2D eigenvalue weighted by Crippen LogP contribution is -2.57. The number of aromatic hydroxyl groups is 1. The number of carbonyl (C=O) groups excluding carboxylic acids is 2. The minimum Gasteiger partial charge on any atom is -0.508 e. The van der Waals surface area contributed by atoms with Crippen molar-refractivity contribution in [3.8, 4) is 5.75 Å². The van der Waals surface area contributed by atoms with Gasteiger partial charge in [-0.05, 0) is 48.1 Å². The van der Waals surface area contributed by atoms with Gasteiger partial charge in [-0.1, -0.05) is 71.9 Å². The molecule has 4 rings (SSSR count). The van der Waals surface area contributed by atoms with E-state index in [2.05, 4.69) is 24.1 Å². The molecule has 3 N–H and O–H groups in total. The Morgan fingerprint density at radius 2 is 1.67 bits per heavy atom. The van der Waals surface area contributed by atoms with Crippen LogP contribution in [0.2, 0.25) is 0 Å². The van der Waals surface area contributed by atoms with Gasteiger partial charge in [0, 0.05) is 37.5 Å². The minimum absolute atomic E-state index is 0.00755. The number of nitrogens with one attached hydrogen (secondary N) is 1. The quantitative estimate of drug-likeness (QED) is 0.197. The van der Waals surface area contributed by atoms with E-state index in [9.17, 15) is 28.2 Å². The Kier molecular flexibility index (Phi) is 12.6. The van der Waals surface area contributed by atoms with Crippen molar-refractivity contribution in [3.63, 3.8) is 0 Å². The fourth-order valence-electron chi connectivity index (χ4n) is 5.87. The molecule has 3 amide bonds. The molecule has 2 aromatic carbocycles. The van der Waals surface area contributed by atoms with Crippen LogP contribution in [-0.4, -0.2) is 94.0 Å². The Labute approximate surface area is 288 Å². The highest BCUT2D eigenvalue weighted by molar-refractivity contribution is 7.89. The molecule has 0 aliphatic carbocycles. The molecule has 0 spiro atoms. The van der Waals surface area contributed by atoms with E-state index in [0.717, 1.165) is 16.3 Å². The summed E-state index contributed by atoms with van der Waals surface area (Å²) in [5, 5.41) is 27.4. The molecule has 1 aliphatic heterocycles. The lowest BCUT2D eigenvalue weighted by molar-refractivity contribution is -0.128. The SMILES string of the molecule is CC(C)CN(C[C@H](O)[C@H](Cc1ccccc1)NC(=O)[C@H](C(C)C)N1CCN(Cc2csc(C(C)C)n2)C1=O)S(=O)(=O)c1ccc(O)cc1. The highest BCUT2D eigenvalue weighted by atomic mass is 32.2. The van der Waals surface area contributed by atoms with E-state index in [1.807, 2.05) is 63.4 Å². The molecule has 1 aliphatic rings. The molecule has 2 heterocycles. The molecular weight excluding hydrogens is 651 g/mol. The minimum atomic E-state index is -4.04. The molecule has 0 radical (unpaired) electrons. The number of benzene rings is 2. The number of nitrogens with zero attached hydrogens (tertiary/aromatic N) is 4. The van der Waals surface area contributed by atoms with E-state index >= 15 is 0 Å². The first-order valence-electron chi connectivity index (χ1n) is 16.5. The van der Waals surface area contributed by atoms with Gasteiger partial charge in [-0.3, -0.25) is 4.79 Å². The van der Waals surface area contributed by atoms with Gasteiger partial charge >= 0.3 is 6.03 Å². The van der Waals surface area contributed by atoms with Gasteiger partial charge in [-0.25, -0.2) is 18.2 Å². The van der Waals surface area contributed by atoms with E-state index in [1.165, 1.54) is 28.6 Å². The van der Waals surface area contributed by atoms with Crippen LogP contribution in [0.15, 0.2) is 64.9 Å². The average Bonchev–Trinajstić information content (AvgIpc) is 3.64. The normalized spacial score (nSPS) is 15.9. The van der Waals surface area contributed by atoms with Crippen molar-refractivity contribution in [1.29, 1.82) is 0 Å². The molecule has 1 saturated heterocycles. The van der Waals surface area contributed by atoms with Crippen molar-refractivity contribution in [2.45, 2.75) is 83.5 Å². The molecule has 0 unspecified atom stereocenters. The number of thiazole rings is 1. The Balaban J connectivity index is 1.55. The van der Waals surface area contributed by atoms with Crippen molar-refractivity contribution in [2.24, 2.45) is 11.8 Å². The second kappa shape index (κ2) is 16.3. The van der Waals surface area contributed by atoms with Crippen molar-refractivity contribution in [3.05, 3.63) is 76.2 Å². The summed E-state index contributed by atoms with van der Waals surface area (Å²) in [6, 6.07) is 12.7. The first-order valence-corrected chi connectivity index (χ1v) is 18.8. The number of aromatic nitrogens is 1. The molecule has 1 fully saturated rings. The highest BCUT2D eigenvalue weighted by Crippen LogP contribution is 2.25. The predicted molar refractivity (Wildman–Crippen MR) is 187 cm³/mol. The maximum absolute atomic E-state index is 14.1. The third-order valence-electron chi connectivity index (χ3n) is 8.30. The lowest BCUT2D eigenvalue weighted by Gasteiger charge is -2.34. The van der Waals surface area contributed by atoms with Crippen LogP contribution in [-0.2, 0) is 27.8 Å². The van der Waals surface area contributed by atoms with Gasteiger partial charge in [0.2, 0.25) is 15.9 Å². The topological polar surface area (TPSA) is 143 Å². The summed E-state index contributed by atoms with van der Waals surface area (Å²) in [5.74, 6) is -0.455. The third kappa shape index (κ3) is 9.34. The van der Waals surface area contributed by atoms with E-state index < -0.39 is 34.1 Å². The molecule has 11 nitrogen and oxygen atoms in total. The highest BCUT2D eigenvalue weighted by Gasteiger charge is 2.40. The maximum Gasteiger partial charge on any atom is 0.321 e. The Hall–Kier alpha value is -3.52. The molecule has 1 aromatic heterocycles. The van der Waals surface area contributed by atoms with Crippen LogP contribution in [0.5, 0.6) is 5.75 Å². The van der Waals surface area contributed by atoms with Crippen LogP contribution in [0.4, 0.5) is 4.79 Å². The van der Waals surface area contributed by atoms with Crippen LogP contribution < -0.4 is 5.32 Å². The zero-order chi connectivity index (χ0) is 35.2. The summed E-state index contributed by atoms with van der Waals surface area (Å²) in [7, 11) is -4.04. The summed E-state index contributed by atoms with van der Waals surface area (Å²) in [4.78, 5) is 35.7. The van der Waals surface area contributed by atoms with Crippen LogP contribution >= 0.6 is 11.3 Å². The summed E-state index contributed by atoms with van der Waals surface area (Å²) < 4.78 is 28.7. The smallest absolute Gasteiger partial charge is 0.321 e. The summed E-state index contributed by atoms with van der Waals surface area (Å²) in [6.07, 6.45) is -1.03. The van der Waals surface area contributed by atoms with E-state index in [0.29, 0.717) is 25.6 Å². The maximum atomic E-state index is 14.1. The van der Waals surface area contributed by atoms with Gasteiger partial charge in [0.15, 0.2) is 0 Å². The molecule has 13 heteroatoms. The Bertz CT molecular complexity index is 1610. The number of sulfonamides is 1. The number of urea groups is 1. The number of aliphatic hydroxyl groups excluding tert-OH is 1. The first-order chi connectivity index (χ1) is 22.7. The van der Waals surface area contributed by atoms with E-state index in [1.54, 1.807) is 21.1 Å². The van der Waals surface area contributed by atoms with Crippen LogP contribution in [0.1, 0.15) is 63.7 Å². The fraction of sp³-hybridized carbons (Fsp3) is 0.514. The summed E-state index contributed by atoms with van der Waals surface area (Å²) in [6.45, 7) is 12.7. The Morgan fingerprint density at radius 1 is 1.00 bits per heavy atom. The average molecular weight is 700 g/mol. The molecular formula is C35H49N5O6S2. The van der Waals surface area contributed by atoms with Gasteiger partial charge in [-0.15, -0.1) is 11.3 Å². The van der Waals surface area contributed by atoms with E-state index in [4.69, 9.17) is 0 Å². The van der Waals surface area contributed by atoms with Gasteiger partial charge in [-0.2, -0.15) is 4.31 Å². The zero-order valence-electron chi connectivity index (χ0n) is 28.6. The molecule has 3 aromatic rings. The summed E-state index contributed by atoms with van der Waals surface area (Å²) in [5.41, 5.74) is 1.68. The number of phenols is 1. The van der Waals surface area contributed by atoms with Crippen LogP contribution in [0, 0.1) is 11.8 Å². The number of hydrogen-bond acceptors (Lipinski definition) is 8. The number of aliphatic hydroxyl groups is 1. The van der Waals surface area contributed by atoms with Crippen molar-refractivity contribution < 1.29 is 28.2 Å². The van der Waals surface area contributed by atoms with Crippen molar-refractivity contribution in [2.75, 3.05) is 26.2 Å². The van der Waals surface area contributed by atoms with Gasteiger partial charge in [0.05, 0.1) is 34.3 Å². The zero-order valence-corrected chi connectivity index (χ0v) is 30.2. The molecule has 48 heavy (non-hydrogen) atoms. The number of hydrogen-bond donors (Lipinski definition) is 3. The largest absolute Gasteiger partial charge is 0.508 e. The van der Waals surface area contributed by atoms with Crippen LogP contribution in [0.3, 0.4) is 0 Å². The predicted octanol–water partition coefficient (Wildman–Crippen LogP) is 4.67. The van der Waals surface area contributed by atoms with Crippen LogP contribution in [0.25, 0.3) is 0 Å². The molecule has 0 bridgehead atoms. The lowest BCUT2D eigenvalue weighted by atomic mass is 9.97. The molecule has 3 atom stereocenters. The number of amides is 3. The monoisotopic (exact) mass is 699 g/mol. The van der Waals surface area contributed by atoms with Gasteiger partial charge < -0.3 is 25.3 Å². The Morgan fingerprint density at radius 3 is 2.25 bits per heavy atom. The van der Waals surface area contributed by atoms with E-state index in [-0.39, 0.29) is 48.0 Å². The molecule has 262 valence electrons. The van der Waals surface area contributed by atoms with Crippen molar-refractivity contribution in [1.82, 2.24) is 24.4 Å². The number of rotatable bonds is 16. The number of carbonyl (C=O) groups is 2. The first kappa shape index (κ1) is 37.3. The third-order valence-corrected chi connectivity index (χ3v) is 11.3. The van der Waals surface area contributed by atoms with Gasteiger partial charge in [0.1, 0.15) is 11.8 Å². The van der Waals surface area contributed by atoms with Crippen molar-refractivity contribution >= 4 is 33.3 Å². The standard InChI is InChI=1S/C35H49N5O6S2/c1-23(2)19-39(48(45,46)29-14-12-28(41)13-15-29)21-31(42)30(18-26-10-8-7-9-11-26)37-33(43)32(24(3)4)40-17-16-38(35(40)44)20-27-22-47-34(36-27)25(5)6/h7-15,22-25,30-32,41-42H,16-21H2,1-6H3,(H,37,43)/t30-,31-,32-/m0/s1. The second-order valence-corrected chi connectivity index (χ2v) is 16.3. The fourth-order valence-corrected chi connectivity index (χ4v) is 8.31. The second-order valence-electron chi connectivity index (χ2n) is 13.5. The van der Waals surface area contributed by atoms with Gasteiger partial charge in [0.25, 0.3) is 0 Å². The number of phenolic OH excluding ortho intramolecular Hbond substituents is 1. The summed E-state index contributed by atoms with van der Waals surface area (Å²) >= 11 is 1.58. The molecule has 0 saturated carbocycles.